The second-order valence-corrected chi connectivity index (χ2v) is 7.28. The van der Waals surface area contributed by atoms with E-state index < -0.39 is 16.9 Å². The fraction of sp³-hybridized carbons (Fsp3) is 0.588. The summed E-state index contributed by atoms with van der Waals surface area (Å²) in [6, 6.07) is 0. The van der Waals surface area contributed by atoms with E-state index in [1.165, 1.54) is 6.92 Å². The van der Waals surface area contributed by atoms with Gasteiger partial charge >= 0.3 is 6.18 Å². The highest BCUT2D eigenvalue weighted by molar-refractivity contribution is 6.31. The van der Waals surface area contributed by atoms with Gasteiger partial charge in [0.1, 0.15) is 0 Å². The number of rotatable bonds is 5. The lowest BCUT2D eigenvalue weighted by Gasteiger charge is -2.34. The fourth-order valence-electron chi connectivity index (χ4n) is 3.25. The van der Waals surface area contributed by atoms with Gasteiger partial charge < -0.3 is 4.90 Å². The van der Waals surface area contributed by atoms with E-state index in [-0.39, 0.29) is 24.6 Å². The summed E-state index contributed by atoms with van der Waals surface area (Å²) in [5.74, 6) is -0.0967. The molecule has 1 saturated heterocycles. The van der Waals surface area contributed by atoms with Gasteiger partial charge in [0.25, 0.3) is 0 Å². The SMILES string of the molecule is Cc1c(Cl)c(C(F)(F)F)nn1CCC(=O)N1CCN(Cc2cnn(C)c2)CC1. The molecule has 2 aromatic rings. The number of carbonyl (C=O) groups is 1. The average molecular weight is 419 g/mol. The number of hydrogen-bond donors (Lipinski definition) is 0. The van der Waals surface area contributed by atoms with E-state index in [0.717, 1.165) is 29.9 Å². The molecule has 0 unspecified atom stereocenters. The molecular weight excluding hydrogens is 397 g/mol. The van der Waals surface area contributed by atoms with Crippen LogP contribution in [0.1, 0.15) is 23.4 Å². The first-order chi connectivity index (χ1) is 13.1. The third-order valence-electron chi connectivity index (χ3n) is 4.83. The molecule has 1 aliphatic rings. The van der Waals surface area contributed by atoms with E-state index in [2.05, 4.69) is 15.1 Å². The lowest BCUT2D eigenvalue weighted by molar-refractivity contribution is -0.141. The maximum absolute atomic E-state index is 12.9. The van der Waals surface area contributed by atoms with Crippen molar-refractivity contribution in [1.29, 1.82) is 0 Å². The molecule has 1 fully saturated rings. The number of aryl methyl sites for hydroxylation is 2. The monoisotopic (exact) mass is 418 g/mol. The van der Waals surface area contributed by atoms with Gasteiger partial charge in [-0.3, -0.25) is 19.1 Å². The molecule has 1 aliphatic heterocycles. The van der Waals surface area contributed by atoms with Crippen molar-refractivity contribution in [3.05, 3.63) is 34.4 Å². The zero-order chi connectivity index (χ0) is 20.5. The maximum atomic E-state index is 12.9. The molecule has 0 bridgehead atoms. The number of piperazine rings is 1. The van der Waals surface area contributed by atoms with Crippen molar-refractivity contribution in [1.82, 2.24) is 29.4 Å². The van der Waals surface area contributed by atoms with Crippen LogP contribution in [-0.4, -0.2) is 61.4 Å². The normalized spacial score (nSPS) is 16.0. The zero-order valence-electron chi connectivity index (χ0n) is 15.7. The van der Waals surface area contributed by atoms with Crippen molar-refractivity contribution in [2.24, 2.45) is 7.05 Å². The van der Waals surface area contributed by atoms with Crippen LogP contribution >= 0.6 is 11.6 Å². The van der Waals surface area contributed by atoms with Crippen molar-refractivity contribution in [2.75, 3.05) is 26.2 Å². The number of alkyl halides is 3. The molecule has 0 spiro atoms. The number of amides is 1. The lowest BCUT2D eigenvalue weighted by atomic mass is 10.2. The molecule has 0 atom stereocenters. The third kappa shape index (κ3) is 4.67. The second-order valence-electron chi connectivity index (χ2n) is 6.90. The summed E-state index contributed by atoms with van der Waals surface area (Å²) in [6.45, 7) is 4.97. The van der Waals surface area contributed by atoms with Gasteiger partial charge in [0.15, 0.2) is 5.69 Å². The van der Waals surface area contributed by atoms with Crippen molar-refractivity contribution in [3.63, 3.8) is 0 Å². The van der Waals surface area contributed by atoms with Crippen molar-refractivity contribution in [3.8, 4) is 0 Å². The largest absolute Gasteiger partial charge is 0.436 e. The summed E-state index contributed by atoms with van der Waals surface area (Å²) >= 11 is 5.74. The summed E-state index contributed by atoms with van der Waals surface area (Å²) in [4.78, 5) is 16.4. The van der Waals surface area contributed by atoms with Crippen molar-refractivity contribution < 1.29 is 18.0 Å². The van der Waals surface area contributed by atoms with Crippen LogP contribution in [0.2, 0.25) is 5.02 Å². The van der Waals surface area contributed by atoms with E-state index in [1.54, 1.807) is 9.58 Å². The van der Waals surface area contributed by atoms with E-state index in [9.17, 15) is 18.0 Å². The predicted octanol–water partition coefficient (Wildman–Crippen LogP) is 2.33. The molecule has 3 rings (SSSR count). The van der Waals surface area contributed by atoms with Crippen LogP contribution in [0.3, 0.4) is 0 Å². The molecule has 3 heterocycles. The number of hydrogen-bond acceptors (Lipinski definition) is 4. The Kier molecular flexibility index (Phi) is 5.99. The summed E-state index contributed by atoms with van der Waals surface area (Å²) < 4.78 is 41.5. The van der Waals surface area contributed by atoms with Gasteiger partial charge in [0, 0.05) is 58.0 Å². The van der Waals surface area contributed by atoms with Gasteiger partial charge in [-0.2, -0.15) is 23.4 Å². The zero-order valence-corrected chi connectivity index (χ0v) is 16.5. The first-order valence-electron chi connectivity index (χ1n) is 8.93. The molecule has 11 heteroatoms. The molecule has 28 heavy (non-hydrogen) atoms. The third-order valence-corrected chi connectivity index (χ3v) is 5.28. The van der Waals surface area contributed by atoms with Gasteiger partial charge in [0.05, 0.1) is 23.5 Å². The van der Waals surface area contributed by atoms with Crippen LogP contribution in [0.25, 0.3) is 0 Å². The lowest BCUT2D eigenvalue weighted by Crippen LogP contribution is -2.48. The van der Waals surface area contributed by atoms with Gasteiger partial charge in [-0.1, -0.05) is 11.6 Å². The molecule has 0 saturated carbocycles. The minimum atomic E-state index is -4.61. The summed E-state index contributed by atoms with van der Waals surface area (Å²) in [5, 5.41) is 7.26. The number of nitrogens with zero attached hydrogens (tertiary/aromatic N) is 6. The molecule has 154 valence electrons. The maximum Gasteiger partial charge on any atom is 0.436 e. The first kappa shape index (κ1) is 20.7. The van der Waals surface area contributed by atoms with Crippen molar-refractivity contribution in [2.45, 2.75) is 32.6 Å². The number of carbonyl (C=O) groups excluding carboxylic acids is 1. The van der Waals surface area contributed by atoms with Crippen LogP contribution in [0.4, 0.5) is 13.2 Å². The Morgan fingerprint density at radius 1 is 1.25 bits per heavy atom. The van der Waals surface area contributed by atoms with Crippen LogP contribution in [-0.2, 0) is 31.1 Å². The Morgan fingerprint density at radius 3 is 2.46 bits per heavy atom. The summed E-state index contributed by atoms with van der Waals surface area (Å²) in [6.07, 6.45) is -0.741. The van der Waals surface area contributed by atoms with Crippen LogP contribution in [0, 0.1) is 6.92 Å². The Bertz CT molecular complexity index is 839. The van der Waals surface area contributed by atoms with Gasteiger partial charge in [-0.15, -0.1) is 0 Å². The number of halogens is 4. The molecule has 0 aromatic carbocycles. The standard InChI is InChI=1S/C17H22ClF3N6O/c1-12-15(18)16(17(19,20)21)23-27(12)4-3-14(28)26-7-5-25(6-8-26)11-13-9-22-24(2)10-13/h9-10H,3-8,11H2,1-2H3. The summed E-state index contributed by atoms with van der Waals surface area (Å²) in [5.41, 5.74) is 0.222. The van der Waals surface area contributed by atoms with Crippen LogP contribution < -0.4 is 0 Å². The molecule has 0 radical (unpaired) electrons. The smallest absolute Gasteiger partial charge is 0.340 e. The molecular formula is C17H22ClF3N6O. The quantitative estimate of drug-likeness (QED) is 0.747. The van der Waals surface area contributed by atoms with Gasteiger partial charge in [-0.25, -0.2) is 0 Å². The molecule has 0 aliphatic carbocycles. The molecule has 1 amide bonds. The Hall–Kier alpha value is -2.07. The molecule has 0 N–H and O–H groups in total. The highest BCUT2D eigenvalue weighted by Crippen LogP contribution is 2.35. The second kappa shape index (κ2) is 8.12. The number of aromatic nitrogens is 4. The molecule has 2 aromatic heterocycles. The van der Waals surface area contributed by atoms with E-state index in [4.69, 9.17) is 11.6 Å². The molecule has 7 nitrogen and oxygen atoms in total. The Morgan fingerprint density at radius 2 is 1.93 bits per heavy atom. The topological polar surface area (TPSA) is 59.2 Å². The highest BCUT2D eigenvalue weighted by Gasteiger charge is 2.38. The minimum Gasteiger partial charge on any atom is -0.340 e. The van der Waals surface area contributed by atoms with E-state index in [0.29, 0.717) is 13.1 Å². The first-order valence-corrected chi connectivity index (χ1v) is 9.30. The van der Waals surface area contributed by atoms with Gasteiger partial charge in [-0.05, 0) is 6.92 Å². The van der Waals surface area contributed by atoms with E-state index >= 15 is 0 Å². The average Bonchev–Trinajstić information content (AvgIpc) is 3.17. The Balaban J connectivity index is 1.50. The van der Waals surface area contributed by atoms with Crippen LogP contribution in [0.15, 0.2) is 12.4 Å². The fourth-order valence-corrected chi connectivity index (χ4v) is 3.49. The predicted molar refractivity (Wildman–Crippen MR) is 96.7 cm³/mol. The van der Waals surface area contributed by atoms with Gasteiger partial charge in [0.2, 0.25) is 5.91 Å². The van der Waals surface area contributed by atoms with Crippen LogP contribution in [0.5, 0.6) is 0 Å². The highest BCUT2D eigenvalue weighted by atomic mass is 35.5. The Labute approximate surface area is 165 Å². The van der Waals surface area contributed by atoms with Crippen molar-refractivity contribution >= 4 is 17.5 Å². The minimum absolute atomic E-state index is 0.0658. The summed E-state index contributed by atoms with van der Waals surface area (Å²) in [7, 11) is 1.87. The van der Waals surface area contributed by atoms with E-state index in [1.807, 2.05) is 19.4 Å².